The lowest BCUT2D eigenvalue weighted by Gasteiger charge is -2.34. The number of ether oxygens (including phenoxy) is 1. The molecule has 1 atom stereocenters. The van der Waals surface area contributed by atoms with Gasteiger partial charge < -0.3 is 9.30 Å². The van der Waals surface area contributed by atoms with Gasteiger partial charge in [0.05, 0.1) is 16.4 Å². The number of fused-ring (bicyclic) bond motifs is 1. The summed E-state index contributed by atoms with van der Waals surface area (Å²) in [5.74, 6) is -0.138. The van der Waals surface area contributed by atoms with Gasteiger partial charge in [0.15, 0.2) is 0 Å². The molecule has 0 bridgehead atoms. The number of benzene rings is 3. The summed E-state index contributed by atoms with van der Waals surface area (Å²) < 4.78 is 64.6. The minimum absolute atomic E-state index is 0.0151. The Hall–Kier alpha value is -3.09. The zero-order valence-electron chi connectivity index (χ0n) is 25.9. The van der Waals surface area contributed by atoms with E-state index in [2.05, 4.69) is 4.72 Å². The van der Waals surface area contributed by atoms with Gasteiger partial charge in [-0.25, -0.2) is 21.6 Å². The summed E-state index contributed by atoms with van der Waals surface area (Å²) in [6.07, 6.45) is 3.78. The lowest BCUT2D eigenvalue weighted by Crippen LogP contribution is -2.43. The average molecular weight is 707 g/mol. The molecule has 1 aromatic heterocycles. The van der Waals surface area contributed by atoms with E-state index in [0.29, 0.717) is 59.2 Å². The predicted octanol–water partition coefficient (Wildman–Crippen LogP) is 7.11. The topological polar surface area (TPSA) is 115 Å². The molecule has 1 aliphatic rings. The van der Waals surface area contributed by atoms with Crippen LogP contribution in [0, 0.1) is 13.8 Å². The van der Waals surface area contributed by atoms with Gasteiger partial charge in [0.1, 0.15) is 11.4 Å². The van der Waals surface area contributed by atoms with Gasteiger partial charge in [0, 0.05) is 40.1 Å². The molecule has 1 amide bonds. The van der Waals surface area contributed by atoms with Crippen LogP contribution < -0.4 is 9.46 Å². The Balaban J connectivity index is 1.33. The van der Waals surface area contributed by atoms with Gasteiger partial charge in [-0.05, 0) is 111 Å². The first kappa shape index (κ1) is 34.3. The first-order valence-electron chi connectivity index (χ1n) is 15.2. The molecule has 5 rings (SSSR count). The third-order valence-corrected chi connectivity index (χ3v) is 12.5. The second-order valence-corrected chi connectivity index (χ2v) is 15.9. The molecule has 1 aliphatic heterocycles. The number of nitrogens with one attached hydrogen (secondary N) is 1. The van der Waals surface area contributed by atoms with Crippen LogP contribution in [-0.2, 0) is 26.6 Å². The third kappa shape index (κ3) is 7.23. The minimum Gasteiger partial charge on any atom is -0.494 e. The maximum absolute atomic E-state index is 13.5. The highest BCUT2D eigenvalue weighted by Gasteiger charge is 2.33. The number of amides is 1. The van der Waals surface area contributed by atoms with Gasteiger partial charge >= 0.3 is 0 Å². The van der Waals surface area contributed by atoms with Crippen LogP contribution in [0.25, 0.3) is 10.9 Å². The molecule has 2 heterocycles. The van der Waals surface area contributed by atoms with Crippen molar-refractivity contribution in [2.45, 2.75) is 75.3 Å². The SMILES string of the molecule is CCC1CCCCN1S(=O)(=O)c1ccc(S(=O)(=O)NC(=O)c2cc3cc(Cl)ccc3n2CCCOc2cc(C)c(Cl)c(C)c2)cc1. The molecule has 1 saturated heterocycles. The van der Waals surface area contributed by atoms with Crippen molar-refractivity contribution >= 4 is 60.1 Å². The van der Waals surface area contributed by atoms with Crippen molar-refractivity contribution in [1.29, 1.82) is 0 Å². The van der Waals surface area contributed by atoms with E-state index in [1.54, 1.807) is 28.8 Å². The van der Waals surface area contributed by atoms with Crippen molar-refractivity contribution in [1.82, 2.24) is 13.6 Å². The van der Waals surface area contributed by atoms with Crippen LogP contribution in [0.4, 0.5) is 0 Å². The average Bonchev–Trinajstić information content (AvgIpc) is 3.39. The van der Waals surface area contributed by atoms with E-state index < -0.39 is 26.0 Å². The van der Waals surface area contributed by atoms with Crippen LogP contribution in [0.2, 0.25) is 10.0 Å². The van der Waals surface area contributed by atoms with Crippen molar-refractivity contribution in [3.63, 3.8) is 0 Å². The quantitative estimate of drug-likeness (QED) is 0.167. The smallest absolute Gasteiger partial charge is 0.281 e. The fourth-order valence-electron chi connectivity index (χ4n) is 5.93. The molecule has 0 aliphatic carbocycles. The maximum Gasteiger partial charge on any atom is 0.281 e. The number of nitrogens with zero attached hydrogens (tertiary/aromatic N) is 2. The van der Waals surface area contributed by atoms with E-state index >= 15 is 0 Å². The van der Waals surface area contributed by atoms with Crippen molar-refractivity contribution < 1.29 is 26.4 Å². The van der Waals surface area contributed by atoms with Crippen LogP contribution in [0.3, 0.4) is 0 Å². The Bertz CT molecular complexity index is 1950. The first-order chi connectivity index (χ1) is 21.8. The summed E-state index contributed by atoms with van der Waals surface area (Å²) in [5, 5.41) is 1.85. The summed E-state index contributed by atoms with van der Waals surface area (Å²) in [6.45, 7) is 6.92. The molecule has 1 N–H and O–H groups in total. The number of carbonyl (C=O) groups excluding carboxylic acids is 1. The van der Waals surface area contributed by atoms with Crippen LogP contribution in [-0.4, -0.2) is 50.8 Å². The Morgan fingerprint density at radius 3 is 2.28 bits per heavy atom. The second-order valence-electron chi connectivity index (χ2n) is 11.5. The van der Waals surface area contributed by atoms with E-state index in [4.69, 9.17) is 27.9 Å². The lowest BCUT2D eigenvalue weighted by molar-refractivity contribution is 0.0972. The minimum atomic E-state index is -4.33. The number of sulfonamides is 2. The highest BCUT2D eigenvalue weighted by molar-refractivity contribution is 7.90. The molecule has 46 heavy (non-hydrogen) atoms. The van der Waals surface area contributed by atoms with E-state index in [0.717, 1.165) is 30.4 Å². The van der Waals surface area contributed by atoms with Gasteiger partial charge in [0.2, 0.25) is 10.0 Å². The number of rotatable bonds is 11. The maximum atomic E-state index is 13.5. The summed E-state index contributed by atoms with van der Waals surface area (Å²) in [4.78, 5) is 13.3. The molecule has 13 heteroatoms. The zero-order valence-corrected chi connectivity index (χ0v) is 29.1. The highest BCUT2D eigenvalue weighted by atomic mass is 35.5. The van der Waals surface area contributed by atoms with Crippen molar-refractivity contribution in [3.8, 4) is 5.75 Å². The molecule has 0 spiro atoms. The largest absolute Gasteiger partial charge is 0.494 e. The fourth-order valence-corrected chi connectivity index (χ4v) is 8.95. The molecule has 4 aromatic rings. The number of aryl methyl sites for hydroxylation is 3. The van der Waals surface area contributed by atoms with E-state index in [1.165, 1.54) is 28.6 Å². The summed E-state index contributed by atoms with van der Waals surface area (Å²) in [7, 11) is -8.12. The van der Waals surface area contributed by atoms with Crippen molar-refractivity contribution in [2.24, 2.45) is 0 Å². The second kappa shape index (κ2) is 13.9. The van der Waals surface area contributed by atoms with Gasteiger partial charge in [-0.3, -0.25) is 4.79 Å². The number of carbonyl (C=O) groups is 1. The highest BCUT2D eigenvalue weighted by Crippen LogP contribution is 2.29. The number of hydrogen-bond acceptors (Lipinski definition) is 6. The first-order valence-corrected chi connectivity index (χ1v) is 18.9. The third-order valence-electron chi connectivity index (χ3n) is 8.31. The molecular weight excluding hydrogens is 669 g/mol. The molecule has 0 saturated carbocycles. The van der Waals surface area contributed by atoms with Gasteiger partial charge in [0.25, 0.3) is 15.9 Å². The van der Waals surface area contributed by atoms with E-state index in [9.17, 15) is 21.6 Å². The Morgan fingerprint density at radius 2 is 1.61 bits per heavy atom. The molecule has 1 unspecified atom stereocenters. The number of hydrogen-bond donors (Lipinski definition) is 1. The molecular formula is C33H37Cl2N3O6S2. The number of piperidine rings is 1. The van der Waals surface area contributed by atoms with Crippen molar-refractivity contribution in [2.75, 3.05) is 13.2 Å². The molecule has 0 radical (unpaired) electrons. The summed E-state index contributed by atoms with van der Waals surface area (Å²) in [5.41, 5.74) is 2.67. The van der Waals surface area contributed by atoms with E-state index in [-0.39, 0.29) is 21.5 Å². The van der Waals surface area contributed by atoms with Gasteiger partial charge in [-0.15, -0.1) is 0 Å². The standard InChI is InChI=1S/C33H37Cl2N3O6S2/c1-4-26-8-5-6-16-38(26)46(42,43)29-12-10-28(11-13-29)45(40,41)36-33(39)31-21-24-20-25(34)9-14-30(24)37(31)15-7-17-44-27-18-22(2)32(35)23(3)19-27/h9-14,18-21,26H,4-8,15-17H2,1-3H3,(H,36,39). The van der Waals surface area contributed by atoms with Gasteiger partial charge in [-0.1, -0.05) is 36.5 Å². The number of aromatic nitrogens is 1. The predicted molar refractivity (Wildman–Crippen MR) is 181 cm³/mol. The number of halogens is 2. The van der Waals surface area contributed by atoms with Crippen LogP contribution in [0.1, 0.15) is 60.6 Å². The summed E-state index contributed by atoms with van der Waals surface area (Å²) >= 11 is 12.5. The Morgan fingerprint density at radius 1 is 0.935 bits per heavy atom. The molecule has 3 aromatic carbocycles. The Kier molecular flexibility index (Phi) is 10.4. The zero-order chi connectivity index (χ0) is 33.2. The summed E-state index contributed by atoms with van der Waals surface area (Å²) in [6, 6.07) is 15.4. The molecule has 246 valence electrons. The van der Waals surface area contributed by atoms with Gasteiger partial charge in [-0.2, -0.15) is 4.31 Å². The monoisotopic (exact) mass is 705 g/mol. The Labute approximate surface area is 280 Å². The molecule has 1 fully saturated rings. The van der Waals surface area contributed by atoms with Crippen LogP contribution in [0.5, 0.6) is 5.75 Å². The fraction of sp³-hybridized carbons (Fsp3) is 0.364. The van der Waals surface area contributed by atoms with Crippen LogP contribution >= 0.6 is 23.2 Å². The van der Waals surface area contributed by atoms with Crippen LogP contribution in [0.15, 0.2) is 70.5 Å². The normalized spacial score (nSPS) is 16.1. The van der Waals surface area contributed by atoms with Crippen molar-refractivity contribution in [3.05, 3.63) is 87.5 Å². The molecule has 9 nitrogen and oxygen atoms in total. The lowest BCUT2D eigenvalue weighted by atomic mass is 10.0. The van der Waals surface area contributed by atoms with E-state index in [1.807, 2.05) is 32.9 Å².